The summed E-state index contributed by atoms with van der Waals surface area (Å²) < 4.78 is 0. The number of hydrogen-bond donors (Lipinski definition) is 0. The Balaban J connectivity index is 2.58. The Kier molecular flexibility index (Phi) is 4.77. The Labute approximate surface area is 107 Å². The van der Waals surface area contributed by atoms with Gasteiger partial charge in [-0.3, -0.25) is 0 Å². The van der Waals surface area contributed by atoms with Crippen molar-refractivity contribution in [2.24, 2.45) is 16.7 Å². The maximum absolute atomic E-state index is 11.3. The minimum absolute atomic E-state index is 0.104. The van der Waals surface area contributed by atoms with Crippen LogP contribution in [0.4, 0.5) is 0 Å². The van der Waals surface area contributed by atoms with Crippen LogP contribution in [0.25, 0.3) is 0 Å². The third-order valence-corrected chi connectivity index (χ3v) is 4.69. The van der Waals surface area contributed by atoms with Gasteiger partial charge in [0, 0.05) is 18.5 Å². The lowest BCUT2D eigenvalue weighted by molar-refractivity contribution is -0.117. The number of nitrogens with zero attached hydrogens (tertiary/aromatic N) is 1. The Hall–Kier alpha value is -0.370. The second-order valence-electron chi connectivity index (χ2n) is 6.77. The summed E-state index contributed by atoms with van der Waals surface area (Å²) >= 11 is 0. The first-order valence-corrected chi connectivity index (χ1v) is 7.05. The summed E-state index contributed by atoms with van der Waals surface area (Å²) in [5.74, 6) is 0.778. The molecule has 2 heteroatoms. The molecule has 0 saturated carbocycles. The summed E-state index contributed by atoms with van der Waals surface area (Å²) in [4.78, 5) is 13.8. The van der Waals surface area contributed by atoms with Crippen molar-refractivity contribution in [2.45, 2.75) is 53.9 Å². The number of rotatable bonds is 5. The number of carbonyl (C=O) groups is 1. The molecular weight excluding hydrogens is 210 g/mol. The third-order valence-electron chi connectivity index (χ3n) is 4.69. The molecule has 1 heterocycles. The van der Waals surface area contributed by atoms with Crippen molar-refractivity contribution in [3.63, 3.8) is 0 Å². The highest BCUT2D eigenvalue weighted by Crippen LogP contribution is 2.35. The molecule has 0 aromatic rings. The van der Waals surface area contributed by atoms with Gasteiger partial charge in [0.15, 0.2) is 0 Å². The second-order valence-corrected chi connectivity index (χ2v) is 6.77. The fourth-order valence-electron chi connectivity index (χ4n) is 2.81. The molecule has 1 atom stereocenters. The minimum atomic E-state index is -0.104. The Morgan fingerprint density at radius 3 is 2.18 bits per heavy atom. The average molecular weight is 239 g/mol. The fraction of sp³-hybridized carbons (Fsp3) is 0.933. The van der Waals surface area contributed by atoms with Crippen molar-refractivity contribution in [1.29, 1.82) is 0 Å². The van der Waals surface area contributed by atoms with Crippen molar-refractivity contribution in [3.8, 4) is 0 Å². The standard InChI is InChI=1S/C15H29NO/c1-6-15(7-2,12-17)11-16-9-8-13(10-16)14(3,4)5/h12-13H,6-11H2,1-5H3. The summed E-state index contributed by atoms with van der Waals surface area (Å²) in [6.07, 6.45) is 4.40. The molecule has 1 aliphatic heterocycles. The van der Waals surface area contributed by atoms with E-state index in [1.54, 1.807) is 0 Å². The topological polar surface area (TPSA) is 20.3 Å². The maximum atomic E-state index is 11.3. The number of hydrogen-bond acceptors (Lipinski definition) is 2. The van der Waals surface area contributed by atoms with Gasteiger partial charge in [-0.1, -0.05) is 34.6 Å². The van der Waals surface area contributed by atoms with Gasteiger partial charge >= 0.3 is 0 Å². The Morgan fingerprint density at radius 1 is 1.24 bits per heavy atom. The van der Waals surface area contributed by atoms with Gasteiger partial charge in [0.05, 0.1) is 0 Å². The number of aldehydes is 1. The van der Waals surface area contributed by atoms with Crippen LogP contribution in [-0.4, -0.2) is 30.8 Å². The fourth-order valence-corrected chi connectivity index (χ4v) is 2.81. The molecule has 0 aromatic carbocycles. The molecule has 0 amide bonds. The van der Waals surface area contributed by atoms with E-state index in [2.05, 4.69) is 39.5 Å². The summed E-state index contributed by atoms with van der Waals surface area (Å²) in [6, 6.07) is 0. The van der Waals surface area contributed by atoms with Crippen molar-refractivity contribution < 1.29 is 4.79 Å². The number of carbonyl (C=O) groups excluding carboxylic acids is 1. The Morgan fingerprint density at radius 2 is 1.82 bits per heavy atom. The summed E-state index contributed by atoms with van der Waals surface area (Å²) in [5.41, 5.74) is 0.295. The minimum Gasteiger partial charge on any atom is -0.303 e. The largest absolute Gasteiger partial charge is 0.303 e. The van der Waals surface area contributed by atoms with Crippen LogP contribution in [0.2, 0.25) is 0 Å². The molecule has 0 aromatic heterocycles. The predicted octanol–water partition coefficient (Wildman–Crippen LogP) is 3.36. The van der Waals surface area contributed by atoms with Crippen LogP contribution in [0.15, 0.2) is 0 Å². The van der Waals surface area contributed by atoms with Crippen LogP contribution in [0, 0.1) is 16.7 Å². The van der Waals surface area contributed by atoms with Crippen LogP contribution in [0.5, 0.6) is 0 Å². The van der Waals surface area contributed by atoms with Gasteiger partial charge in [-0.05, 0) is 37.1 Å². The zero-order chi connectivity index (χ0) is 13.1. The van der Waals surface area contributed by atoms with Crippen molar-refractivity contribution in [3.05, 3.63) is 0 Å². The average Bonchev–Trinajstić information content (AvgIpc) is 2.74. The predicted molar refractivity (Wildman–Crippen MR) is 73.1 cm³/mol. The lowest BCUT2D eigenvalue weighted by Gasteiger charge is -2.32. The van der Waals surface area contributed by atoms with Crippen LogP contribution in [0.1, 0.15) is 53.9 Å². The molecule has 1 rings (SSSR count). The Bertz CT molecular complexity index is 250. The van der Waals surface area contributed by atoms with Crippen LogP contribution in [0.3, 0.4) is 0 Å². The number of likely N-dealkylation sites (tertiary alicyclic amines) is 1. The van der Waals surface area contributed by atoms with E-state index in [1.807, 2.05) is 0 Å². The van der Waals surface area contributed by atoms with Crippen LogP contribution >= 0.6 is 0 Å². The molecule has 0 aliphatic carbocycles. The monoisotopic (exact) mass is 239 g/mol. The first-order chi connectivity index (χ1) is 7.87. The van der Waals surface area contributed by atoms with E-state index in [9.17, 15) is 4.79 Å². The van der Waals surface area contributed by atoms with E-state index in [-0.39, 0.29) is 5.41 Å². The zero-order valence-corrected chi connectivity index (χ0v) is 12.3. The van der Waals surface area contributed by atoms with Gasteiger partial charge in [-0.15, -0.1) is 0 Å². The highest BCUT2D eigenvalue weighted by Gasteiger charge is 2.35. The highest BCUT2D eigenvalue weighted by atomic mass is 16.1. The summed E-state index contributed by atoms with van der Waals surface area (Å²) in [6.45, 7) is 14.5. The van der Waals surface area contributed by atoms with Gasteiger partial charge in [0.1, 0.15) is 6.29 Å². The molecule has 1 saturated heterocycles. The van der Waals surface area contributed by atoms with Crippen LogP contribution in [-0.2, 0) is 4.79 Å². The van der Waals surface area contributed by atoms with E-state index in [0.29, 0.717) is 5.41 Å². The maximum Gasteiger partial charge on any atom is 0.127 e. The smallest absolute Gasteiger partial charge is 0.127 e. The second kappa shape index (κ2) is 5.51. The SMILES string of the molecule is CCC(C=O)(CC)CN1CCC(C(C)(C)C)C1. The molecular formula is C15H29NO. The van der Waals surface area contributed by atoms with Crippen molar-refractivity contribution >= 4 is 6.29 Å². The van der Waals surface area contributed by atoms with Crippen molar-refractivity contribution in [1.82, 2.24) is 4.90 Å². The third kappa shape index (κ3) is 3.54. The molecule has 0 bridgehead atoms. The normalized spacial score (nSPS) is 23.0. The van der Waals surface area contributed by atoms with E-state index in [1.165, 1.54) is 19.3 Å². The summed E-state index contributed by atoms with van der Waals surface area (Å²) in [7, 11) is 0. The van der Waals surface area contributed by atoms with E-state index >= 15 is 0 Å². The van der Waals surface area contributed by atoms with Gasteiger partial charge < -0.3 is 9.69 Å². The van der Waals surface area contributed by atoms with E-state index in [0.717, 1.165) is 31.8 Å². The molecule has 1 unspecified atom stereocenters. The van der Waals surface area contributed by atoms with Gasteiger partial charge in [-0.25, -0.2) is 0 Å². The summed E-state index contributed by atoms with van der Waals surface area (Å²) in [5, 5.41) is 0. The molecule has 1 aliphatic rings. The lowest BCUT2D eigenvalue weighted by atomic mass is 9.80. The first-order valence-electron chi connectivity index (χ1n) is 7.05. The highest BCUT2D eigenvalue weighted by molar-refractivity contribution is 5.59. The molecule has 17 heavy (non-hydrogen) atoms. The van der Waals surface area contributed by atoms with Crippen molar-refractivity contribution in [2.75, 3.05) is 19.6 Å². The molecule has 100 valence electrons. The lowest BCUT2D eigenvalue weighted by Crippen LogP contribution is -2.38. The molecule has 1 fully saturated rings. The van der Waals surface area contributed by atoms with E-state index in [4.69, 9.17) is 0 Å². The van der Waals surface area contributed by atoms with Gasteiger partial charge in [0.2, 0.25) is 0 Å². The molecule has 0 spiro atoms. The molecule has 0 radical (unpaired) electrons. The first kappa shape index (κ1) is 14.7. The quantitative estimate of drug-likeness (QED) is 0.686. The molecule has 2 nitrogen and oxygen atoms in total. The van der Waals surface area contributed by atoms with Crippen LogP contribution < -0.4 is 0 Å². The van der Waals surface area contributed by atoms with Gasteiger partial charge in [0.25, 0.3) is 0 Å². The molecule has 0 N–H and O–H groups in total. The zero-order valence-electron chi connectivity index (χ0n) is 12.3. The van der Waals surface area contributed by atoms with Gasteiger partial charge in [-0.2, -0.15) is 0 Å². The van der Waals surface area contributed by atoms with E-state index < -0.39 is 0 Å².